The molecule has 10 N–H and O–H groups in total. The molecule has 0 saturated carbocycles. The van der Waals surface area contributed by atoms with E-state index in [1.54, 1.807) is 0 Å². The maximum absolute atomic E-state index is 13.0. The number of aromatic hydroxyl groups is 5. The van der Waals surface area contributed by atoms with E-state index in [1.807, 2.05) is 0 Å². The molecule has 5 rings (SSSR count). The van der Waals surface area contributed by atoms with Crippen LogP contribution in [-0.2, 0) is 44.4 Å². The number of hydrogen-bond donors (Lipinski definition) is 10. The van der Waals surface area contributed by atoms with Gasteiger partial charge in [-0.25, -0.2) is 9.59 Å². The van der Waals surface area contributed by atoms with Gasteiger partial charge in [0.1, 0.15) is 55.1 Å². The molecule has 2 fully saturated rings. The second kappa shape index (κ2) is 19.0. The smallest absolute Gasteiger partial charge is 0.331 e. The molecule has 2 aliphatic heterocycles. The number of carbonyl (C=O) groups is 2. The standard InChI is InChI=1S/C38H42O18/c39-17-27-35(55-30(46)12-6-20-3-9-23(41)25(43)15-20)36(34(50)37(53-27)51-14-13-21-4-10-24(42)26(44)16-21)56-38-33(49)32(48)31(47)28(54-38)18-52-29(45)11-5-19-1-7-22(40)8-2-19/h1-12,15-16,27-28,31-44,47-50H,13-14,17-18H2/b11-5+,12-6+/t27-,28-,31-,32+,33-,34-,35-,36-,37-,38+/m1/s1. The number of hydrogen-bond acceptors (Lipinski definition) is 18. The van der Waals surface area contributed by atoms with Crippen LogP contribution in [0.15, 0.2) is 72.8 Å². The van der Waals surface area contributed by atoms with Crippen molar-refractivity contribution in [1.82, 2.24) is 0 Å². The van der Waals surface area contributed by atoms with Crippen LogP contribution in [0, 0.1) is 0 Å². The highest BCUT2D eigenvalue weighted by Crippen LogP contribution is 2.32. The second-order valence-corrected chi connectivity index (χ2v) is 12.8. The van der Waals surface area contributed by atoms with Crippen molar-refractivity contribution in [2.75, 3.05) is 19.8 Å². The van der Waals surface area contributed by atoms with E-state index >= 15 is 0 Å². The van der Waals surface area contributed by atoms with E-state index in [0.717, 1.165) is 18.2 Å². The zero-order valence-corrected chi connectivity index (χ0v) is 29.4. The van der Waals surface area contributed by atoms with Gasteiger partial charge in [0.25, 0.3) is 0 Å². The molecule has 18 nitrogen and oxygen atoms in total. The molecule has 10 atom stereocenters. The Balaban J connectivity index is 1.32. The normalized spacial score (nSPS) is 28.0. The number of benzene rings is 3. The lowest BCUT2D eigenvalue weighted by Crippen LogP contribution is -2.65. The van der Waals surface area contributed by atoms with Gasteiger partial charge >= 0.3 is 11.9 Å². The van der Waals surface area contributed by atoms with E-state index < -0.39 is 98.1 Å². The van der Waals surface area contributed by atoms with Crippen molar-refractivity contribution in [3.8, 4) is 28.7 Å². The molecule has 3 aromatic carbocycles. The molecule has 0 amide bonds. The summed E-state index contributed by atoms with van der Waals surface area (Å²) in [4.78, 5) is 25.5. The first-order valence-corrected chi connectivity index (χ1v) is 17.2. The number of esters is 2. The van der Waals surface area contributed by atoms with Crippen LogP contribution in [-0.4, -0.2) is 144 Å². The zero-order chi connectivity index (χ0) is 40.5. The lowest BCUT2D eigenvalue weighted by molar-refractivity contribution is -0.360. The highest BCUT2D eigenvalue weighted by atomic mass is 16.7. The molecular weight excluding hydrogens is 744 g/mol. The average Bonchev–Trinajstić information content (AvgIpc) is 3.18. The fourth-order valence-electron chi connectivity index (χ4n) is 5.76. The molecule has 0 spiro atoms. The van der Waals surface area contributed by atoms with Crippen molar-refractivity contribution < 1.29 is 89.1 Å². The van der Waals surface area contributed by atoms with E-state index in [9.17, 15) is 60.7 Å². The fourth-order valence-corrected chi connectivity index (χ4v) is 5.76. The second-order valence-electron chi connectivity index (χ2n) is 12.8. The Hall–Kier alpha value is -5.28. The van der Waals surface area contributed by atoms with E-state index in [-0.39, 0.29) is 35.8 Å². The van der Waals surface area contributed by atoms with E-state index in [1.165, 1.54) is 66.7 Å². The van der Waals surface area contributed by atoms with E-state index in [4.69, 9.17) is 28.4 Å². The first-order valence-electron chi connectivity index (χ1n) is 17.2. The minimum atomic E-state index is -1.98. The number of carbonyl (C=O) groups excluding carboxylic acids is 2. The Morgan fingerprint density at radius 3 is 1.95 bits per heavy atom. The van der Waals surface area contributed by atoms with Crippen LogP contribution in [0.5, 0.6) is 28.7 Å². The molecule has 0 aliphatic carbocycles. The van der Waals surface area contributed by atoms with Crippen LogP contribution >= 0.6 is 0 Å². The third-order valence-electron chi connectivity index (χ3n) is 8.83. The lowest BCUT2D eigenvalue weighted by atomic mass is 9.96. The molecule has 2 saturated heterocycles. The fraction of sp³-hybridized carbons (Fsp3) is 0.368. The van der Waals surface area contributed by atoms with Crippen LogP contribution in [0.4, 0.5) is 0 Å². The minimum Gasteiger partial charge on any atom is -0.508 e. The van der Waals surface area contributed by atoms with E-state index in [2.05, 4.69) is 0 Å². The predicted octanol–water partition coefficient (Wildman–Crippen LogP) is -0.0736. The lowest BCUT2D eigenvalue weighted by Gasteiger charge is -2.46. The first-order chi connectivity index (χ1) is 26.7. The SMILES string of the molecule is O=C(/C=C/c1ccc(O)cc1)OC[C@H]1O[C@@H](O[C@@H]2[C@@H](O)[C@H](OCCc3ccc(O)c(O)c3)O[C@H](CO)[C@H]2OC(=O)/C=C/c2ccc(O)c(O)c2)[C@H](O)[C@@H](O)[C@@H]1O. The van der Waals surface area contributed by atoms with Crippen molar-refractivity contribution in [2.45, 2.75) is 67.8 Å². The third-order valence-corrected chi connectivity index (χ3v) is 8.83. The summed E-state index contributed by atoms with van der Waals surface area (Å²) in [5, 5.41) is 102. The van der Waals surface area contributed by atoms with Crippen molar-refractivity contribution >= 4 is 24.1 Å². The highest BCUT2D eigenvalue weighted by molar-refractivity contribution is 5.87. The van der Waals surface area contributed by atoms with E-state index in [0.29, 0.717) is 11.1 Å². The minimum absolute atomic E-state index is 0.0234. The van der Waals surface area contributed by atoms with Crippen LogP contribution in [0.1, 0.15) is 16.7 Å². The molecule has 2 heterocycles. The predicted molar refractivity (Wildman–Crippen MR) is 190 cm³/mol. The first kappa shape index (κ1) is 41.9. The largest absolute Gasteiger partial charge is 0.508 e. The Bertz CT molecular complexity index is 1850. The Labute approximate surface area is 318 Å². The number of phenolic OH excluding ortho intramolecular Hbond substituents is 5. The van der Waals surface area contributed by atoms with Crippen molar-refractivity contribution in [3.05, 3.63) is 89.5 Å². The molecule has 0 bridgehead atoms. The van der Waals surface area contributed by atoms with Crippen LogP contribution in [0.3, 0.4) is 0 Å². The van der Waals surface area contributed by atoms with Crippen molar-refractivity contribution in [1.29, 1.82) is 0 Å². The summed E-state index contributed by atoms with van der Waals surface area (Å²) in [6, 6.07) is 13.7. The van der Waals surface area contributed by atoms with Gasteiger partial charge in [0.2, 0.25) is 0 Å². The average molecular weight is 787 g/mol. The summed E-state index contributed by atoms with van der Waals surface area (Å²) in [5.41, 5.74) is 1.38. The molecule has 302 valence electrons. The molecule has 3 aromatic rings. The van der Waals surface area contributed by atoms with Crippen LogP contribution in [0.2, 0.25) is 0 Å². The molecule has 0 unspecified atom stereocenters. The molecule has 0 radical (unpaired) electrons. The quantitative estimate of drug-likeness (QED) is 0.0581. The summed E-state index contributed by atoms with van der Waals surface area (Å²) >= 11 is 0. The Kier molecular flexibility index (Phi) is 14.2. The van der Waals surface area contributed by atoms with Crippen LogP contribution in [0.25, 0.3) is 12.2 Å². The maximum Gasteiger partial charge on any atom is 0.331 e. The summed E-state index contributed by atoms with van der Waals surface area (Å²) in [6.07, 6.45) is -12.5. The van der Waals surface area contributed by atoms with Gasteiger partial charge in [-0.2, -0.15) is 0 Å². The van der Waals surface area contributed by atoms with Crippen LogP contribution < -0.4 is 0 Å². The summed E-state index contributed by atoms with van der Waals surface area (Å²) in [5.74, 6) is -3.46. The van der Waals surface area contributed by atoms with Gasteiger partial charge in [-0.3, -0.25) is 0 Å². The number of aliphatic hydroxyl groups excluding tert-OH is 5. The number of ether oxygens (including phenoxy) is 6. The monoisotopic (exact) mass is 786 g/mol. The van der Waals surface area contributed by atoms with Gasteiger partial charge in [0, 0.05) is 12.2 Å². The van der Waals surface area contributed by atoms with Gasteiger partial charge in [-0.05, 0) is 71.7 Å². The molecule has 0 aromatic heterocycles. The zero-order valence-electron chi connectivity index (χ0n) is 29.4. The van der Waals surface area contributed by atoms with Gasteiger partial charge in [0.05, 0.1) is 13.2 Å². The van der Waals surface area contributed by atoms with Gasteiger partial charge in [0.15, 0.2) is 41.7 Å². The Morgan fingerprint density at radius 1 is 0.643 bits per heavy atom. The molecule has 56 heavy (non-hydrogen) atoms. The third kappa shape index (κ3) is 10.7. The summed E-state index contributed by atoms with van der Waals surface area (Å²) in [7, 11) is 0. The van der Waals surface area contributed by atoms with Gasteiger partial charge in [-0.1, -0.05) is 24.3 Å². The summed E-state index contributed by atoms with van der Waals surface area (Å²) in [6.45, 7) is -1.61. The topological polar surface area (TPSA) is 292 Å². The number of phenols is 5. The number of rotatable bonds is 14. The van der Waals surface area contributed by atoms with Crippen molar-refractivity contribution in [2.24, 2.45) is 0 Å². The van der Waals surface area contributed by atoms with Gasteiger partial charge < -0.3 is 79.5 Å². The Morgan fingerprint density at radius 2 is 1.27 bits per heavy atom. The number of aliphatic hydroxyl groups is 5. The molecule has 18 heteroatoms. The highest BCUT2D eigenvalue weighted by Gasteiger charge is 2.53. The molecular formula is C38H42O18. The summed E-state index contributed by atoms with van der Waals surface area (Å²) < 4.78 is 33.8. The van der Waals surface area contributed by atoms with Crippen molar-refractivity contribution in [3.63, 3.8) is 0 Å². The maximum atomic E-state index is 13.0. The molecule has 2 aliphatic rings. The van der Waals surface area contributed by atoms with Gasteiger partial charge in [-0.15, -0.1) is 0 Å².